The Morgan fingerprint density at radius 3 is 1.20 bits per heavy atom. The number of carbonyl (C=O) groups excluding carboxylic acids is 4. The molecule has 0 atom stereocenters. The van der Waals surface area contributed by atoms with E-state index in [-0.39, 0.29) is 36.0 Å². The topological polar surface area (TPSA) is 94.3 Å². The minimum atomic E-state index is -0.247. The lowest BCUT2D eigenvalue weighted by atomic mass is 9.93. The van der Waals surface area contributed by atoms with Gasteiger partial charge in [-0.05, 0) is 58.0 Å². The number of carbonyl (C=O) groups is 4. The lowest BCUT2D eigenvalue weighted by Crippen LogP contribution is -2.11. The van der Waals surface area contributed by atoms with Crippen molar-refractivity contribution < 1.29 is 19.2 Å². The van der Waals surface area contributed by atoms with E-state index in [2.05, 4.69) is 19.6 Å². The first-order valence-electron chi connectivity index (χ1n) is 8.38. The highest BCUT2D eigenvalue weighted by Crippen LogP contribution is 2.19. The Balaban J connectivity index is 0. The van der Waals surface area contributed by atoms with E-state index in [1.807, 2.05) is 0 Å². The van der Waals surface area contributed by atoms with Crippen LogP contribution in [0, 0.1) is 13.8 Å². The van der Waals surface area contributed by atoms with E-state index in [0.29, 0.717) is 22.3 Å². The standard InChI is InChI=1S/C16H18O4.C3H8.CH5N/c1-9-5-14(16(20)8-12(4)18)10(2)6-13(9)15(19)7-11(3)17;1-3-2;1-2/h5-6H,7-8H2,1-4H3;3H2,1-2H3;2H2,1H3. The highest BCUT2D eigenvalue weighted by atomic mass is 16.2. The zero-order valence-electron chi connectivity index (χ0n) is 16.5. The van der Waals surface area contributed by atoms with Gasteiger partial charge in [-0.2, -0.15) is 0 Å². The first-order chi connectivity index (χ1) is 11.6. The fraction of sp³-hybridized carbons (Fsp3) is 0.500. The summed E-state index contributed by atoms with van der Waals surface area (Å²) in [5.41, 5.74) is 6.71. The smallest absolute Gasteiger partial charge is 0.170 e. The number of aryl methyl sites for hydroxylation is 2. The molecule has 0 amide bonds. The van der Waals surface area contributed by atoms with Crippen LogP contribution in [-0.4, -0.2) is 30.2 Å². The fourth-order valence-corrected chi connectivity index (χ4v) is 2.06. The number of hydrogen-bond donors (Lipinski definition) is 1. The van der Waals surface area contributed by atoms with Crippen molar-refractivity contribution in [1.29, 1.82) is 0 Å². The summed E-state index contributed by atoms with van der Waals surface area (Å²) in [4.78, 5) is 45.9. The van der Waals surface area contributed by atoms with Gasteiger partial charge in [0.2, 0.25) is 0 Å². The normalized spacial score (nSPS) is 9.12. The molecule has 25 heavy (non-hydrogen) atoms. The Hall–Kier alpha value is -2.14. The average molecular weight is 349 g/mol. The quantitative estimate of drug-likeness (QED) is 0.625. The molecule has 0 saturated carbocycles. The van der Waals surface area contributed by atoms with E-state index in [0.717, 1.165) is 0 Å². The molecule has 0 aromatic heterocycles. The minimum absolute atomic E-state index is 0.138. The second kappa shape index (κ2) is 13.2. The predicted octanol–water partition coefficient (Wildman–Crippen LogP) is 3.62. The summed E-state index contributed by atoms with van der Waals surface area (Å²) in [6.07, 6.45) is 0.974. The van der Waals surface area contributed by atoms with Gasteiger partial charge in [0.15, 0.2) is 11.6 Å². The maximum atomic E-state index is 11.9. The molecule has 1 rings (SSSR count). The number of rotatable bonds is 6. The third-order valence-corrected chi connectivity index (χ3v) is 2.99. The Labute approximate surface area is 151 Å². The van der Waals surface area contributed by atoms with Crippen LogP contribution in [0.15, 0.2) is 12.1 Å². The molecule has 1 aromatic rings. The summed E-state index contributed by atoms with van der Waals surface area (Å²) in [5, 5.41) is 0. The molecular formula is C20H31NO4. The summed E-state index contributed by atoms with van der Waals surface area (Å²) < 4.78 is 0. The lowest BCUT2D eigenvalue weighted by Gasteiger charge is -2.10. The summed E-state index contributed by atoms with van der Waals surface area (Å²) >= 11 is 0. The van der Waals surface area contributed by atoms with Crippen molar-refractivity contribution in [2.75, 3.05) is 7.05 Å². The number of benzene rings is 1. The molecule has 5 nitrogen and oxygen atoms in total. The van der Waals surface area contributed by atoms with Crippen LogP contribution >= 0.6 is 0 Å². The maximum absolute atomic E-state index is 11.9. The van der Waals surface area contributed by atoms with E-state index in [9.17, 15) is 19.2 Å². The summed E-state index contributed by atoms with van der Waals surface area (Å²) in [7, 11) is 1.50. The van der Waals surface area contributed by atoms with Gasteiger partial charge in [-0.15, -0.1) is 0 Å². The van der Waals surface area contributed by atoms with Gasteiger partial charge in [0, 0.05) is 11.1 Å². The average Bonchev–Trinajstić information content (AvgIpc) is 2.50. The first kappa shape index (κ1) is 25.1. The molecule has 0 aliphatic carbocycles. The molecule has 0 saturated heterocycles. The summed E-state index contributed by atoms with van der Waals surface area (Å²) in [6, 6.07) is 3.24. The Bertz CT molecular complexity index is 565. The molecule has 0 spiro atoms. The van der Waals surface area contributed by atoms with Crippen LogP contribution in [-0.2, 0) is 9.59 Å². The van der Waals surface area contributed by atoms with Gasteiger partial charge >= 0.3 is 0 Å². The number of nitrogens with two attached hydrogens (primary N) is 1. The molecule has 5 heteroatoms. The van der Waals surface area contributed by atoms with E-state index in [4.69, 9.17) is 0 Å². The van der Waals surface area contributed by atoms with Crippen molar-refractivity contribution in [1.82, 2.24) is 0 Å². The summed E-state index contributed by atoms with van der Waals surface area (Å²) in [5.74, 6) is -0.875. The molecule has 1 aromatic carbocycles. The number of Topliss-reactive ketones (excluding diaryl/α,β-unsaturated/α-hetero) is 4. The van der Waals surface area contributed by atoms with E-state index in [1.54, 1.807) is 26.0 Å². The Morgan fingerprint density at radius 1 is 0.760 bits per heavy atom. The molecular weight excluding hydrogens is 318 g/mol. The second-order valence-corrected chi connectivity index (χ2v) is 5.79. The molecule has 0 radical (unpaired) electrons. The monoisotopic (exact) mass is 349 g/mol. The molecule has 2 N–H and O–H groups in total. The van der Waals surface area contributed by atoms with Gasteiger partial charge in [0.25, 0.3) is 0 Å². The molecule has 0 aliphatic rings. The summed E-state index contributed by atoms with van der Waals surface area (Å²) in [6.45, 7) is 10.4. The van der Waals surface area contributed by atoms with Gasteiger partial charge in [-0.3, -0.25) is 19.2 Å². The van der Waals surface area contributed by atoms with Gasteiger partial charge in [0.1, 0.15) is 11.6 Å². The Kier molecular flexibility index (Phi) is 13.2. The molecule has 0 fully saturated rings. The van der Waals surface area contributed by atoms with Crippen LogP contribution in [0.2, 0.25) is 0 Å². The highest BCUT2D eigenvalue weighted by Gasteiger charge is 2.17. The van der Waals surface area contributed by atoms with Crippen LogP contribution in [0.25, 0.3) is 0 Å². The van der Waals surface area contributed by atoms with Crippen LogP contribution in [0.1, 0.15) is 78.8 Å². The third kappa shape index (κ3) is 9.67. The lowest BCUT2D eigenvalue weighted by molar-refractivity contribution is -0.117. The first-order valence-corrected chi connectivity index (χ1v) is 8.38. The SMILES string of the molecule is CC(=O)CC(=O)c1cc(C)c(C(=O)CC(C)=O)cc1C.CCC.CN. The zero-order chi connectivity index (χ0) is 20.2. The minimum Gasteiger partial charge on any atom is -0.333 e. The number of ketones is 4. The molecule has 0 heterocycles. The van der Waals surface area contributed by atoms with Crippen molar-refractivity contribution in [2.45, 2.75) is 60.8 Å². The van der Waals surface area contributed by atoms with Gasteiger partial charge in [0.05, 0.1) is 12.8 Å². The van der Waals surface area contributed by atoms with Crippen LogP contribution in [0.5, 0.6) is 0 Å². The van der Waals surface area contributed by atoms with E-state index in [1.165, 1.54) is 27.3 Å². The molecule has 0 bridgehead atoms. The fourth-order valence-electron chi connectivity index (χ4n) is 2.06. The van der Waals surface area contributed by atoms with Crippen molar-refractivity contribution in [3.63, 3.8) is 0 Å². The maximum Gasteiger partial charge on any atom is 0.170 e. The second-order valence-electron chi connectivity index (χ2n) is 5.79. The van der Waals surface area contributed by atoms with Crippen molar-refractivity contribution in [3.05, 3.63) is 34.4 Å². The highest BCUT2D eigenvalue weighted by molar-refractivity contribution is 6.11. The van der Waals surface area contributed by atoms with Gasteiger partial charge in [-0.1, -0.05) is 20.3 Å². The predicted molar refractivity (Wildman–Crippen MR) is 101 cm³/mol. The van der Waals surface area contributed by atoms with Crippen LogP contribution in [0.4, 0.5) is 0 Å². The van der Waals surface area contributed by atoms with Crippen LogP contribution in [0.3, 0.4) is 0 Å². The van der Waals surface area contributed by atoms with Crippen LogP contribution < -0.4 is 5.73 Å². The van der Waals surface area contributed by atoms with E-state index < -0.39 is 0 Å². The number of hydrogen-bond acceptors (Lipinski definition) is 5. The van der Waals surface area contributed by atoms with Crippen molar-refractivity contribution >= 4 is 23.1 Å². The molecule has 0 unspecified atom stereocenters. The van der Waals surface area contributed by atoms with Gasteiger partial charge < -0.3 is 5.73 Å². The van der Waals surface area contributed by atoms with Crippen molar-refractivity contribution in [3.8, 4) is 0 Å². The molecule has 0 aliphatic heterocycles. The van der Waals surface area contributed by atoms with Crippen molar-refractivity contribution in [2.24, 2.45) is 5.73 Å². The largest absolute Gasteiger partial charge is 0.333 e. The zero-order valence-corrected chi connectivity index (χ0v) is 16.5. The third-order valence-electron chi connectivity index (χ3n) is 2.99. The van der Waals surface area contributed by atoms with E-state index >= 15 is 0 Å². The Morgan fingerprint density at radius 2 is 1.00 bits per heavy atom. The molecule has 140 valence electrons. The van der Waals surface area contributed by atoms with Gasteiger partial charge in [-0.25, -0.2) is 0 Å².